The van der Waals surface area contributed by atoms with Gasteiger partial charge in [0.2, 0.25) is 5.60 Å². The van der Waals surface area contributed by atoms with E-state index in [1.807, 2.05) is 0 Å². The first-order chi connectivity index (χ1) is 6.11. The van der Waals surface area contributed by atoms with Crippen molar-refractivity contribution < 1.29 is 14.6 Å². The first-order valence-corrected chi connectivity index (χ1v) is 3.81. The Balaban J connectivity index is 3.11. The number of carboxylic acid groups (broad SMARTS) is 1. The SMILES string of the molecule is COC(C)(C(=O)O)c1ccccn1. The highest BCUT2D eigenvalue weighted by Gasteiger charge is 2.36. The fourth-order valence-corrected chi connectivity index (χ4v) is 0.946. The van der Waals surface area contributed by atoms with Crippen LogP contribution in [0.4, 0.5) is 0 Å². The predicted octanol–water partition coefficient (Wildman–Crippen LogP) is 1.03. The monoisotopic (exact) mass is 181 g/mol. The Bertz CT molecular complexity index is 299. The van der Waals surface area contributed by atoms with Crippen LogP contribution in [0.3, 0.4) is 0 Å². The van der Waals surface area contributed by atoms with E-state index < -0.39 is 11.6 Å². The van der Waals surface area contributed by atoms with Crippen molar-refractivity contribution in [2.24, 2.45) is 0 Å². The van der Waals surface area contributed by atoms with Crippen molar-refractivity contribution >= 4 is 5.97 Å². The van der Waals surface area contributed by atoms with Gasteiger partial charge >= 0.3 is 5.97 Å². The number of hydrogen-bond donors (Lipinski definition) is 1. The first kappa shape index (κ1) is 9.67. The van der Waals surface area contributed by atoms with E-state index in [1.165, 1.54) is 20.2 Å². The number of carboxylic acids is 1. The van der Waals surface area contributed by atoms with Crippen LogP contribution in [0.1, 0.15) is 12.6 Å². The average Bonchev–Trinajstić information content (AvgIpc) is 2.17. The van der Waals surface area contributed by atoms with Gasteiger partial charge in [0, 0.05) is 13.3 Å². The van der Waals surface area contributed by atoms with Crippen LogP contribution < -0.4 is 0 Å². The molecule has 1 heterocycles. The van der Waals surface area contributed by atoms with Crippen LogP contribution in [0.15, 0.2) is 24.4 Å². The normalized spacial score (nSPS) is 14.9. The van der Waals surface area contributed by atoms with Crippen LogP contribution >= 0.6 is 0 Å². The van der Waals surface area contributed by atoms with E-state index in [9.17, 15) is 4.79 Å². The molecule has 13 heavy (non-hydrogen) atoms. The molecule has 0 aliphatic heterocycles. The summed E-state index contributed by atoms with van der Waals surface area (Å²) in [5, 5.41) is 8.92. The third-order valence-corrected chi connectivity index (χ3v) is 1.97. The molecule has 0 bridgehead atoms. The molecular formula is C9H11NO3. The number of nitrogens with zero attached hydrogens (tertiary/aromatic N) is 1. The smallest absolute Gasteiger partial charge is 0.342 e. The summed E-state index contributed by atoms with van der Waals surface area (Å²) in [6, 6.07) is 5.07. The van der Waals surface area contributed by atoms with E-state index in [2.05, 4.69) is 4.98 Å². The lowest BCUT2D eigenvalue weighted by atomic mass is 10.0. The largest absolute Gasteiger partial charge is 0.479 e. The zero-order chi connectivity index (χ0) is 9.90. The number of methoxy groups -OCH3 is 1. The predicted molar refractivity (Wildman–Crippen MR) is 46.2 cm³/mol. The molecule has 1 aromatic rings. The summed E-state index contributed by atoms with van der Waals surface area (Å²) in [6.07, 6.45) is 1.54. The van der Waals surface area contributed by atoms with Crippen molar-refractivity contribution in [3.8, 4) is 0 Å². The molecular weight excluding hydrogens is 170 g/mol. The molecule has 0 aromatic carbocycles. The van der Waals surface area contributed by atoms with Crippen LogP contribution in [0.2, 0.25) is 0 Å². The van der Waals surface area contributed by atoms with E-state index in [4.69, 9.17) is 9.84 Å². The fraction of sp³-hybridized carbons (Fsp3) is 0.333. The van der Waals surface area contributed by atoms with Gasteiger partial charge in [-0.15, -0.1) is 0 Å². The molecule has 1 N–H and O–H groups in total. The van der Waals surface area contributed by atoms with Crippen LogP contribution in [0.5, 0.6) is 0 Å². The van der Waals surface area contributed by atoms with Gasteiger partial charge in [0.25, 0.3) is 0 Å². The molecule has 0 fully saturated rings. The third kappa shape index (κ3) is 1.67. The number of pyridine rings is 1. The van der Waals surface area contributed by atoms with Crippen molar-refractivity contribution in [2.75, 3.05) is 7.11 Å². The maximum atomic E-state index is 10.9. The highest BCUT2D eigenvalue weighted by Crippen LogP contribution is 2.22. The van der Waals surface area contributed by atoms with Crippen LogP contribution in [0.25, 0.3) is 0 Å². The molecule has 1 rings (SSSR count). The van der Waals surface area contributed by atoms with Crippen LogP contribution in [-0.2, 0) is 15.1 Å². The van der Waals surface area contributed by atoms with E-state index in [0.717, 1.165) is 0 Å². The summed E-state index contributed by atoms with van der Waals surface area (Å²) in [5.74, 6) is -1.05. The molecule has 0 spiro atoms. The number of carbonyl (C=O) groups is 1. The molecule has 0 aliphatic carbocycles. The van der Waals surface area contributed by atoms with Crippen molar-refractivity contribution in [1.29, 1.82) is 0 Å². The zero-order valence-corrected chi connectivity index (χ0v) is 7.52. The molecule has 4 heteroatoms. The van der Waals surface area contributed by atoms with E-state index in [1.54, 1.807) is 18.2 Å². The van der Waals surface area contributed by atoms with Gasteiger partial charge in [-0.2, -0.15) is 0 Å². The van der Waals surface area contributed by atoms with E-state index in [0.29, 0.717) is 5.69 Å². The topological polar surface area (TPSA) is 59.4 Å². The second-order valence-corrected chi connectivity index (χ2v) is 2.76. The van der Waals surface area contributed by atoms with Gasteiger partial charge in [-0.3, -0.25) is 4.98 Å². The minimum absolute atomic E-state index is 0.394. The van der Waals surface area contributed by atoms with Gasteiger partial charge in [-0.25, -0.2) is 4.79 Å². The fourth-order valence-electron chi connectivity index (χ4n) is 0.946. The van der Waals surface area contributed by atoms with Crippen molar-refractivity contribution in [2.45, 2.75) is 12.5 Å². The maximum Gasteiger partial charge on any atom is 0.342 e. The summed E-state index contributed by atoms with van der Waals surface area (Å²) in [4.78, 5) is 14.8. The van der Waals surface area contributed by atoms with Crippen molar-refractivity contribution in [1.82, 2.24) is 4.98 Å². The Morgan fingerprint density at radius 2 is 2.31 bits per heavy atom. The molecule has 0 radical (unpaired) electrons. The third-order valence-electron chi connectivity index (χ3n) is 1.97. The zero-order valence-electron chi connectivity index (χ0n) is 7.52. The number of rotatable bonds is 3. The maximum absolute atomic E-state index is 10.9. The van der Waals surface area contributed by atoms with Gasteiger partial charge < -0.3 is 9.84 Å². The lowest BCUT2D eigenvalue weighted by molar-refractivity contribution is -0.161. The Labute approximate surface area is 76.2 Å². The van der Waals surface area contributed by atoms with Gasteiger partial charge in [0.1, 0.15) is 0 Å². The molecule has 0 saturated heterocycles. The number of hydrogen-bond acceptors (Lipinski definition) is 3. The lowest BCUT2D eigenvalue weighted by Gasteiger charge is -2.21. The Morgan fingerprint density at radius 3 is 2.69 bits per heavy atom. The van der Waals surface area contributed by atoms with Gasteiger partial charge in [-0.1, -0.05) is 6.07 Å². The van der Waals surface area contributed by atoms with E-state index >= 15 is 0 Å². The quantitative estimate of drug-likeness (QED) is 0.756. The summed E-state index contributed by atoms with van der Waals surface area (Å²) < 4.78 is 4.92. The summed E-state index contributed by atoms with van der Waals surface area (Å²) in [5.41, 5.74) is -0.966. The molecule has 4 nitrogen and oxygen atoms in total. The molecule has 0 amide bonds. The molecule has 0 saturated carbocycles. The standard InChI is InChI=1S/C9H11NO3/c1-9(13-2,8(11)12)7-5-3-4-6-10-7/h3-6H,1-2H3,(H,11,12). The lowest BCUT2D eigenvalue weighted by Crippen LogP contribution is -2.35. The highest BCUT2D eigenvalue weighted by atomic mass is 16.5. The summed E-state index contributed by atoms with van der Waals surface area (Å²) in [6.45, 7) is 1.47. The molecule has 1 atom stereocenters. The molecule has 1 aromatic heterocycles. The van der Waals surface area contributed by atoms with Gasteiger partial charge in [0.05, 0.1) is 5.69 Å². The van der Waals surface area contributed by atoms with Crippen molar-refractivity contribution in [3.05, 3.63) is 30.1 Å². The average molecular weight is 181 g/mol. The number of ether oxygens (including phenoxy) is 1. The Morgan fingerprint density at radius 1 is 1.62 bits per heavy atom. The first-order valence-electron chi connectivity index (χ1n) is 3.81. The van der Waals surface area contributed by atoms with Crippen LogP contribution in [0, 0.1) is 0 Å². The van der Waals surface area contributed by atoms with Gasteiger partial charge in [0.15, 0.2) is 0 Å². The number of aliphatic carboxylic acids is 1. The second-order valence-electron chi connectivity index (χ2n) is 2.76. The molecule has 70 valence electrons. The Hall–Kier alpha value is -1.42. The second kappa shape index (κ2) is 3.53. The van der Waals surface area contributed by atoms with Gasteiger partial charge in [-0.05, 0) is 19.1 Å². The molecule has 1 unspecified atom stereocenters. The van der Waals surface area contributed by atoms with Crippen LogP contribution in [-0.4, -0.2) is 23.2 Å². The minimum Gasteiger partial charge on any atom is -0.479 e. The highest BCUT2D eigenvalue weighted by molar-refractivity contribution is 5.78. The van der Waals surface area contributed by atoms with E-state index in [-0.39, 0.29) is 0 Å². The minimum atomic E-state index is -1.36. The number of aromatic nitrogens is 1. The summed E-state index contributed by atoms with van der Waals surface area (Å²) >= 11 is 0. The summed E-state index contributed by atoms with van der Waals surface area (Å²) in [7, 11) is 1.35. The Kier molecular flexibility index (Phi) is 2.63. The molecule has 0 aliphatic rings. The van der Waals surface area contributed by atoms with Crippen molar-refractivity contribution in [3.63, 3.8) is 0 Å².